The topological polar surface area (TPSA) is 90.8 Å². The number of ether oxygens (including phenoxy) is 3. The van der Waals surface area contributed by atoms with Crippen molar-refractivity contribution in [1.29, 1.82) is 0 Å². The summed E-state index contributed by atoms with van der Waals surface area (Å²) in [4.78, 5) is 20.9. The van der Waals surface area contributed by atoms with Crippen molar-refractivity contribution in [3.8, 4) is 34.0 Å². The number of aliphatic hydroxyl groups excluding tert-OH is 1. The van der Waals surface area contributed by atoms with Crippen molar-refractivity contribution in [3.05, 3.63) is 95.6 Å². The lowest BCUT2D eigenvalue weighted by molar-refractivity contribution is -0.142. The number of carbonyl (C=O) groups is 1. The lowest BCUT2D eigenvalue weighted by Crippen LogP contribution is -2.08. The van der Waals surface area contributed by atoms with Crippen LogP contribution in [0.25, 0.3) is 22.5 Å². The third-order valence-electron chi connectivity index (χ3n) is 6.32. The molecule has 0 unspecified atom stereocenters. The standard InChI is InChI=1S/C31H31FN2O5/c1-19(2)20-8-10-21(11-9-20)30-31(26-15-24(37-3)12-13-27(26)32)33-17-23(34-30)18-39-25-7-5-6-22(14-25)28(35)16-29(36)38-4/h5-15,17,19,28,35H,16,18H2,1-4H3/t28-/m1/s1. The van der Waals surface area contributed by atoms with Crippen molar-refractivity contribution in [3.63, 3.8) is 0 Å². The van der Waals surface area contributed by atoms with Gasteiger partial charge in [-0.2, -0.15) is 0 Å². The van der Waals surface area contributed by atoms with Gasteiger partial charge in [0.2, 0.25) is 0 Å². The first-order valence-electron chi connectivity index (χ1n) is 12.6. The van der Waals surface area contributed by atoms with E-state index < -0.39 is 17.9 Å². The molecule has 0 saturated carbocycles. The molecule has 0 radical (unpaired) electrons. The second-order valence-electron chi connectivity index (χ2n) is 9.34. The van der Waals surface area contributed by atoms with Gasteiger partial charge in [-0.25, -0.2) is 9.37 Å². The van der Waals surface area contributed by atoms with E-state index in [0.29, 0.717) is 40.1 Å². The Balaban J connectivity index is 1.65. The number of aliphatic hydroxyl groups is 1. The Kier molecular flexibility index (Phi) is 8.88. The molecule has 39 heavy (non-hydrogen) atoms. The van der Waals surface area contributed by atoms with Crippen molar-refractivity contribution in [2.45, 2.75) is 38.9 Å². The van der Waals surface area contributed by atoms with Gasteiger partial charge in [0.25, 0.3) is 0 Å². The first-order chi connectivity index (χ1) is 18.8. The highest BCUT2D eigenvalue weighted by Crippen LogP contribution is 2.34. The monoisotopic (exact) mass is 530 g/mol. The predicted molar refractivity (Wildman–Crippen MR) is 146 cm³/mol. The van der Waals surface area contributed by atoms with Crippen LogP contribution in [0.3, 0.4) is 0 Å². The normalized spacial score (nSPS) is 11.8. The van der Waals surface area contributed by atoms with Gasteiger partial charge in [-0.15, -0.1) is 0 Å². The van der Waals surface area contributed by atoms with E-state index >= 15 is 0 Å². The summed E-state index contributed by atoms with van der Waals surface area (Å²) in [5.41, 5.74) is 4.21. The number of nitrogens with zero attached hydrogens (tertiary/aromatic N) is 2. The molecule has 3 aromatic carbocycles. The summed E-state index contributed by atoms with van der Waals surface area (Å²) in [6.45, 7) is 4.32. The van der Waals surface area contributed by atoms with Crippen molar-refractivity contribution in [1.82, 2.24) is 9.97 Å². The van der Waals surface area contributed by atoms with E-state index in [4.69, 9.17) is 14.5 Å². The molecule has 0 aliphatic heterocycles. The van der Waals surface area contributed by atoms with Crippen LogP contribution in [0.5, 0.6) is 11.5 Å². The molecule has 1 N–H and O–H groups in total. The number of methoxy groups -OCH3 is 2. The van der Waals surface area contributed by atoms with E-state index in [1.165, 1.54) is 25.8 Å². The van der Waals surface area contributed by atoms with Crippen LogP contribution >= 0.6 is 0 Å². The fraction of sp³-hybridized carbons (Fsp3) is 0.258. The molecule has 1 atom stereocenters. The minimum atomic E-state index is -1.02. The summed E-state index contributed by atoms with van der Waals surface area (Å²) in [5.74, 6) is 0.420. The zero-order valence-corrected chi connectivity index (χ0v) is 22.3. The zero-order chi connectivity index (χ0) is 27.9. The molecular weight excluding hydrogens is 499 g/mol. The summed E-state index contributed by atoms with van der Waals surface area (Å²) in [5, 5.41) is 10.3. The summed E-state index contributed by atoms with van der Waals surface area (Å²) < 4.78 is 30.8. The van der Waals surface area contributed by atoms with E-state index in [9.17, 15) is 14.3 Å². The van der Waals surface area contributed by atoms with Crippen molar-refractivity contribution in [2.24, 2.45) is 0 Å². The molecule has 0 amide bonds. The van der Waals surface area contributed by atoms with Crippen LogP contribution in [0.2, 0.25) is 0 Å². The molecule has 1 aromatic heterocycles. The molecule has 7 nitrogen and oxygen atoms in total. The maximum Gasteiger partial charge on any atom is 0.308 e. The molecule has 4 rings (SSSR count). The highest BCUT2D eigenvalue weighted by molar-refractivity contribution is 5.79. The molecule has 202 valence electrons. The Bertz CT molecular complexity index is 1440. The first-order valence-corrected chi connectivity index (χ1v) is 12.6. The lowest BCUT2D eigenvalue weighted by atomic mass is 9.98. The number of rotatable bonds is 10. The third-order valence-corrected chi connectivity index (χ3v) is 6.32. The number of esters is 1. The fourth-order valence-electron chi connectivity index (χ4n) is 4.06. The molecule has 0 fully saturated rings. The number of hydrogen-bond acceptors (Lipinski definition) is 7. The maximum atomic E-state index is 14.9. The van der Waals surface area contributed by atoms with E-state index in [1.807, 2.05) is 24.3 Å². The third kappa shape index (κ3) is 6.78. The van der Waals surface area contributed by atoms with Crippen LogP contribution in [0.15, 0.2) is 72.9 Å². The van der Waals surface area contributed by atoms with Crippen LogP contribution in [0, 0.1) is 5.82 Å². The molecule has 0 bridgehead atoms. The van der Waals surface area contributed by atoms with Gasteiger partial charge in [-0.05, 0) is 47.4 Å². The van der Waals surface area contributed by atoms with Crippen LogP contribution in [0.4, 0.5) is 4.39 Å². The number of benzene rings is 3. The number of carbonyl (C=O) groups excluding carboxylic acids is 1. The second kappa shape index (κ2) is 12.5. The smallest absolute Gasteiger partial charge is 0.308 e. The Morgan fingerprint density at radius 1 is 0.949 bits per heavy atom. The molecule has 0 aliphatic rings. The first kappa shape index (κ1) is 27.7. The fourth-order valence-corrected chi connectivity index (χ4v) is 4.06. The van der Waals surface area contributed by atoms with E-state index in [-0.39, 0.29) is 18.6 Å². The Morgan fingerprint density at radius 3 is 2.41 bits per heavy atom. The van der Waals surface area contributed by atoms with Crippen LogP contribution in [-0.2, 0) is 16.1 Å². The van der Waals surface area contributed by atoms with E-state index in [1.54, 1.807) is 42.6 Å². The molecule has 4 aromatic rings. The number of halogens is 1. The molecular formula is C31H31FN2O5. The summed E-state index contributed by atoms with van der Waals surface area (Å²) in [7, 11) is 2.80. The zero-order valence-electron chi connectivity index (χ0n) is 22.3. The average Bonchev–Trinajstić information content (AvgIpc) is 2.96. The van der Waals surface area contributed by atoms with Gasteiger partial charge in [-0.1, -0.05) is 50.2 Å². The minimum absolute atomic E-state index is 0.0848. The molecule has 1 heterocycles. The second-order valence-corrected chi connectivity index (χ2v) is 9.34. The Morgan fingerprint density at radius 2 is 1.72 bits per heavy atom. The van der Waals surface area contributed by atoms with E-state index in [2.05, 4.69) is 23.6 Å². The molecule has 0 aliphatic carbocycles. The molecule has 8 heteroatoms. The van der Waals surface area contributed by atoms with Crippen molar-refractivity contribution in [2.75, 3.05) is 14.2 Å². The van der Waals surface area contributed by atoms with Crippen molar-refractivity contribution >= 4 is 5.97 Å². The summed E-state index contributed by atoms with van der Waals surface area (Å²) in [6, 6.07) is 19.3. The van der Waals surface area contributed by atoms with Crippen LogP contribution in [0.1, 0.15) is 49.1 Å². The van der Waals surface area contributed by atoms with Gasteiger partial charge in [0.15, 0.2) is 0 Å². The number of hydrogen-bond donors (Lipinski definition) is 1. The minimum Gasteiger partial charge on any atom is -0.497 e. The SMILES string of the molecule is COC(=O)C[C@@H](O)c1cccc(OCc2cnc(-c3cc(OC)ccc3F)c(-c3ccc(C(C)C)cc3)n2)c1. The number of aromatic nitrogens is 2. The van der Waals surface area contributed by atoms with Crippen LogP contribution in [-0.4, -0.2) is 35.3 Å². The van der Waals surface area contributed by atoms with Gasteiger partial charge in [0.1, 0.15) is 23.9 Å². The average molecular weight is 531 g/mol. The molecule has 0 saturated heterocycles. The molecule has 0 spiro atoms. The predicted octanol–water partition coefficient (Wildman–Crippen LogP) is 6.26. The maximum absolute atomic E-state index is 14.9. The summed E-state index contributed by atoms with van der Waals surface area (Å²) in [6.07, 6.45) is 0.376. The van der Waals surface area contributed by atoms with Gasteiger partial charge in [0, 0.05) is 11.1 Å². The highest BCUT2D eigenvalue weighted by Gasteiger charge is 2.18. The van der Waals surface area contributed by atoms with Crippen molar-refractivity contribution < 1.29 is 28.5 Å². The lowest BCUT2D eigenvalue weighted by Gasteiger charge is -2.14. The summed E-state index contributed by atoms with van der Waals surface area (Å²) >= 11 is 0. The Labute approximate surface area is 227 Å². The van der Waals surface area contributed by atoms with Gasteiger partial charge < -0.3 is 19.3 Å². The van der Waals surface area contributed by atoms with E-state index in [0.717, 1.165) is 5.56 Å². The largest absolute Gasteiger partial charge is 0.497 e. The van der Waals surface area contributed by atoms with Gasteiger partial charge >= 0.3 is 5.97 Å². The Hall–Kier alpha value is -4.30. The highest BCUT2D eigenvalue weighted by atomic mass is 19.1. The quantitative estimate of drug-likeness (QED) is 0.242. The van der Waals surface area contributed by atoms with Gasteiger partial charge in [0.05, 0.1) is 50.0 Å². The van der Waals surface area contributed by atoms with Gasteiger partial charge in [-0.3, -0.25) is 9.78 Å². The van der Waals surface area contributed by atoms with Crippen LogP contribution < -0.4 is 9.47 Å².